The van der Waals surface area contributed by atoms with Gasteiger partial charge in [-0.3, -0.25) is 0 Å². The minimum Gasteiger partial charge on any atom is -0.329 e. The number of nitrogens with two attached hydrogens (primary N) is 1. The molecule has 13 heavy (non-hydrogen) atoms. The van der Waals surface area contributed by atoms with E-state index in [0.717, 1.165) is 0 Å². The molecule has 2 N–H and O–H groups in total. The first kappa shape index (κ1) is 13.4. The SMILES string of the molecule is CC(C)(N)N([Si](C)(C)C)[Si](C)(C)C. The molecule has 80 valence electrons. The van der Waals surface area contributed by atoms with Crippen LogP contribution in [0.2, 0.25) is 39.3 Å². The standard InChI is InChI=1S/C9H26N2Si2/c1-9(2,10)11(12(3,4)5)13(6,7)8/h10H2,1-8H3. The third-order valence-electron chi connectivity index (χ3n) is 1.92. The third-order valence-corrected chi connectivity index (χ3v) is 9.78. The van der Waals surface area contributed by atoms with Gasteiger partial charge in [0.15, 0.2) is 0 Å². The van der Waals surface area contributed by atoms with Crippen LogP contribution in [0.3, 0.4) is 0 Å². The van der Waals surface area contributed by atoms with Crippen molar-refractivity contribution in [2.24, 2.45) is 5.73 Å². The summed E-state index contributed by atoms with van der Waals surface area (Å²) in [6.07, 6.45) is 0. The Kier molecular flexibility index (Phi) is 3.59. The molecule has 0 unspecified atom stereocenters. The van der Waals surface area contributed by atoms with E-state index < -0.39 is 16.5 Å². The summed E-state index contributed by atoms with van der Waals surface area (Å²) < 4.78 is 2.62. The molecule has 0 rings (SSSR count). The molecule has 0 aliphatic heterocycles. The predicted octanol–water partition coefficient (Wildman–Crippen LogP) is 2.65. The second-order valence-electron chi connectivity index (χ2n) is 6.33. The maximum Gasteiger partial charge on any atom is 0.113 e. The quantitative estimate of drug-likeness (QED) is 0.583. The Bertz CT molecular complexity index is 138. The van der Waals surface area contributed by atoms with Crippen molar-refractivity contribution in [2.75, 3.05) is 0 Å². The highest BCUT2D eigenvalue weighted by molar-refractivity contribution is 6.89. The summed E-state index contributed by atoms with van der Waals surface area (Å²) in [5.41, 5.74) is 6.09. The summed E-state index contributed by atoms with van der Waals surface area (Å²) in [5.74, 6) is 0. The lowest BCUT2D eigenvalue weighted by Crippen LogP contribution is -2.70. The molecule has 0 aliphatic carbocycles. The lowest BCUT2D eigenvalue weighted by Gasteiger charge is -2.51. The summed E-state index contributed by atoms with van der Waals surface area (Å²) in [4.78, 5) is 0. The van der Waals surface area contributed by atoms with Crippen LogP contribution in [0.1, 0.15) is 13.8 Å². The molecule has 0 saturated carbocycles. The van der Waals surface area contributed by atoms with Gasteiger partial charge in [-0.25, -0.2) is 0 Å². The molecule has 2 nitrogen and oxygen atoms in total. The van der Waals surface area contributed by atoms with E-state index in [1.54, 1.807) is 0 Å². The van der Waals surface area contributed by atoms with Gasteiger partial charge in [-0.15, -0.1) is 0 Å². The summed E-state index contributed by atoms with van der Waals surface area (Å²) >= 11 is 0. The normalized spacial score (nSPS) is 15.2. The van der Waals surface area contributed by atoms with Crippen molar-refractivity contribution in [3.8, 4) is 0 Å². The molecule has 0 aliphatic rings. The molecule has 0 amide bonds. The zero-order chi connectivity index (χ0) is 11.1. The molecule has 0 fully saturated rings. The Labute approximate surface area is 85.7 Å². The van der Waals surface area contributed by atoms with Crippen LogP contribution in [0.25, 0.3) is 0 Å². The van der Waals surface area contributed by atoms with Gasteiger partial charge >= 0.3 is 0 Å². The summed E-state index contributed by atoms with van der Waals surface area (Å²) in [6.45, 7) is 18.5. The summed E-state index contributed by atoms with van der Waals surface area (Å²) in [7, 11) is -2.57. The van der Waals surface area contributed by atoms with E-state index in [2.05, 4.69) is 57.4 Å². The van der Waals surface area contributed by atoms with Crippen molar-refractivity contribution in [3.63, 3.8) is 0 Å². The van der Waals surface area contributed by atoms with Crippen molar-refractivity contribution < 1.29 is 0 Å². The zero-order valence-corrected chi connectivity index (χ0v) is 12.5. The minimum atomic E-state index is -1.29. The Balaban J connectivity index is 5.02. The van der Waals surface area contributed by atoms with Crippen LogP contribution in [-0.4, -0.2) is 26.4 Å². The first-order valence-electron chi connectivity index (χ1n) is 4.96. The lowest BCUT2D eigenvalue weighted by molar-refractivity contribution is 0.328. The Morgan fingerprint density at radius 2 is 1.08 bits per heavy atom. The number of rotatable bonds is 3. The van der Waals surface area contributed by atoms with Crippen molar-refractivity contribution in [2.45, 2.75) is 58.8 Å². The second-order valence-corrected chi connectivity index (χ2v) is 16.4. The molecule has 4 heteroatoms. The van der Waals surface area contributed by atoms with Crippen LogP contribution in [0.4, 0.5) is 0 Å². The van der Waals surface area contributed by atoms with Crippen molar-refractivity contribution in [1.82, 2.24) is 4.23 Å². The fourth-order valence-corrected chi connectivity index (χ4v) is 14.2. The third kappa shape index (κ3) is 3.93. The fourth-order valence-electron chi connectivity index (χ4n) is 2.74. The van der Waals surface area contributed by atoms with Gasteiger partial charge in [0.2, 0.25) is 0 Å². The van der Waals surface area contributed by atoms with Crippen molar-refractivity contribution >= 4 is 16.5 Å². The van der Waals surface area contributed by atoms with Crippen LogP contribution in [0, 0.1) is 0 Å². The van der Waals surface area contributed by atoms with Crippen LogP contribution in [-0.2, 0) is 0 Å². The van der Waals surface area contributed by atoms with E-state index in [1.165, 1.54) is 0 Å². The minimum absolute atomic E-state index is 0.158. The van der Waals surface area contributed by atoms with Crippen molar-refractivity contribution in [1.29, 1.82) is 0 Å². The molecule has 0 aromatic heterocycles. The first-order valence-corrected chi connectivity index (χ1v) is 11.9. The molecule has 0 spiro atoms. The fraction of sp³-hybridized carbons (Fsp3) is 1.00. The highest BCUT2D eigenvalue weighted by atomic mass is 28.4. The molecular weight excluding hydrogens is 192 g/mol. The topological polar surface area (TPSA) is 29.3 Å². The van der Waals surface area contributed by atoms with Gasteiger partial charge in [0, 0.05) is 0 Å². The van der Waals surface area contributed by atoms with E-state index in [1.807, 2.05) is 0 Å². The average Bonchev–Trinajstić information content (AvgIpc) is 1.44. The van der Waals surface area contributed by atoms with E-state index in [0.29, 0.717) is 0 Å². The molecular formula is C9H26N2Si2. The average molecular weight is 218 g/mol. The van der Waals surface area contributed by atoms with Crippen molar-refractivity contribution in [3.05, 3.63) is 0 Å². The van der Waals surface area contributed by atoms with E-state index in [4.69, 9.17) is 5.73 Å². The van der Waals surface area contributed by atoms with Crippen LogP contribution < -0.4 is 5.73 Å². The van der Waals surface area contributed by atoms with Crippen LogP contribution in [0.15, 0.2) is 0 Å². The zero-order valence-electron chi connectivity index (χ0n) is 10.5. The maximum atomic E-state index is 6.25. The van der Waals surface area contributed by atoms with Gasteiger partial charge < -0.3 is 9.96 Å². The number of nitrogens with zero attached hydrogens (tertiary/aromatic N) is 1. The molecule has 0 heterocycles. The van der Waals surface area contributed by atoms with E-state index in [-0.39, 0.29) is 5.66 Å². The molecule has 0 saturated heterocycles. The first-order chi connectivity index (χ1) is 5.37. The second kappa shape index (κ2) is 3.49. The number of hydrogen-bond acceptors (Lipinski definition) is 2. The molecule has 0 bridgehead atoms. The highest BCUT2D eigenvalue weighted by Crippen LogP contribution is 2.26. The largest absolute Gasteiger partial charge is 0.329 e. The number of hydrogen-bond donors (Lipinski definition) is 1. The predicted molar refractivity (Wildman–Crippen MR) is 66.8 cm³/mol. The Hall–Kier alpha value is 0.354. The molecule has 0 aromatic rings. The van der Waals surface area contributed by atoms with Gasteiger partial charge in [0.25, 0.3) is 0 Å². The molecule has 0 aromatic carbocycles. The highest BCUT2D eigenvalue weighted by Gasteiger charge is 2.41. The smallest absolute Gasteiger partial charge is 0.113 e. The van der Waals surface area contributed by atoms with Gasteiger partial charge in [-0.05, 0) is 13.8 Å². The van der Waals surface area contributed by atoms with Gasteiger partial charge in [-0.1, -0.05) is 39.3 Å². The lowest BCUT2D eigenvalue weighted by atomic mass is 10.3. The van der Waals surface area contributed by atoms with Gasteiger partial charge in [-0.2, -0.15) is 0 Å². The Morgan fingerprint density at radius 1 is 0.846 bits per heavy atom. The summed E-state index contributed by atoms with van der Waals surface area (Å²) in [5, 5.41) is 0. The van der Waals surface area contributed by atoms with E-state index in [9.17, 15) is 0 Å². The monoisotopic (exact) mass is 218 g/mol. The van der Waals surface area contributed by atoms with E-state index >= 15 is 0 Å². The van der Waals surface area contributed by atoms with Gasteiger partial charge in [0.1, 0.15) is 16.5 Å². The maximum absolute atomic E-state index is 6.25. The van der Waals surface area contributed by atoms with Crippen LogP contribution >= 0.6 is 0 Å². The molecule has 0 radical (unpaired) electrons. The summed E-state index contributed by atoms with van der Waals surface area (Å²) in [6, 6.07) is 0. The van der Waals surface area contributed by atoms with Gasteiger partial charge in [0.05, 0.1) is 5.66 Å². The van der Waals surface area contributed by atoms with Crippen LogP contribution in [0.5, 0.6) is 0 Å². The molecule has 0 atom stereocenters. The Morgan fingerprint density at radius 3 is 1.08 bits per heavy atom.